The van der Waals surface area contributed by atoms with Gasteiger partial charge in [-0.1, -0.05) is 41.5 Å². The molecule has 0 atom stereocenters. The van der Waals surface area contributed by atoms with Crippen LogP contribution in [0.2, 0.25) is 5.04 Å². The molecule has 0 amide bonds. The van der Waals surface area contributed by atoms with Crippen LogP contribution in [-0.4, -0.2) is 15.8 Å². The van der Waals surface area contributed by atoms with Gasteiger partial charge in [-0.3, -0.25) is 0 Å². The first-order chi connectivity index (χ1) is 9.22. The minimum absolute atomic E-state index is 0.0570. The van der Waals surface area contributed by atoms with Crippen LogP contribution < -0.4 is 0 Å². The highest BCUT2D eigenvalue weighted by Crippen LogP contribution is 2.71. The number of hydrogen-bond acceptors (Lipinski definition) is 1. The maximum Gasteiger partial charge on any atom is 0.126 e. The van der Waals surface area contributed by atoms with Crippen molar-refractivity contribution in [3.8, 4) is 11.5 Å². The number of aldehydes is 1. The van der Waals surface area contributed by atoms with E-state index in [9.17, 15) is 4.79 Å². The zero-order chi connectivity index (χ0) is 15.2. The Morgan fingerprint density at radius 3 is 1.80 bits per heavy atom. The van der Waals surface area contributed by atoms with E-state index in [1.54, 1.807) is 0 Å². The molecule has 3 aliphatic rings. The van der Waals surface area contributed by atoms with E-state index in [1.165, 1.54) is 6.29 Å². The first-order valence-electron chi connectivity index (χ1n) is 8.18. The Labute approximate surface area is 127 Å². The van der Waals surface area contributed by atoms with Gasteiger partial charge in [0.1, 0.15) is 15.8 Å². The van der Waals surface area contributed by atoms with Crippen molar-refractivity contribution in [3.05, 3.63) is 0 Å². The van der Waals surface area contributed by atoms with Gasteiger partial charge in [-0.2, -0.15) is 0 Å². The first-order valence-corrected chi connectivity index (χ1v) is 9.60. The van der Waals surface area contributed by atoms with Crippen LogP contribution in [-0.2, 0) is 4.79 Å². The predicted octanol–water partition coefficient (Wildman–Crippen LogP) is 3.61. The molecular formula is C18H30OSi. The van der Waals surface area contributed by atoms with E-state index in [0.717, 1.165) is 19.3 Å². The molecule has 1 nitrogen and oxygen atoms in total. The van der Waals surface area contributed by atoms with Crippen molar-refractivity contribution in [2.75, 3.05) is 0 Å². The molecule has 112 valence electrons. The standard InChI is InChI=1S/C18H30OSi/c1-13(2)18(14(3)4,15(5)6)20-8-7-16-9-17(10-16,11-16)12-19/h12-15H,9-11,20H2,1-6H3. The lowest BCUT2D eigenvalue weighted by Gasteiger charge is -2.65. The van der Waals surface area contributed by atoms with E-state index < -0.39 is 9.52 Å². The van der Waals surface area contributed by atoms with Crippen molar-refractivity contribution < 1.29 is 4.79 Å². The number of hydrogen-bond donors (Lipinski definition) is 0. The third kappa shape index (κ3) is 2.19. The summed E-state index contributed by atoms with van der Waals surface area (Å²) in [5, 5.41) is 0.443. The zero-order valence-electron chi connectivity index (χ0n) is 14.0. The molecular weight excluding hydrogens is 260 g/mol. The van der Waals surface area contributed by atoms with Gasteiger partial charge in [-0.25, -0.2) is 0 Å². The summed E-state index contributed by atoms with van der Waals surface area (Å²) in [5.41, 5.74) is 3.98. The zero-order valence-corrected chi connectivity index (χ0v) is 15.5. The van der Waals surface area contributed by atoms with Crippen LogP contribution in [0.4, 0.5) is 0 Å². The molecule has 0 N–H and O–H groups in total. The summed E-state index contributed by atoms with van der Waals surface area (Å²) in [5.74, 6) is 5.71. The molecule has 0 aromatic carbocycles. The predicted molar refractivity (Wildman–Crippen MR) is 88.3 cm³/mol. The minimum atomic E-state index is -0.430. The molecule has 3 rings (SSSR count). The van der Waals surface area contributed by atoms with Crippen molar-refractivity contribution in [2.45, 2.75) is 65.8 Å². The van der Waals surface area contributed by atoms with Gasteiger partial charge in [0.2, 0.25) is 0 Å². The van der Waals surface area contributed by atoms with E-state index in [0.29, 0.717) is 22.8 Å². The summed E-state index contributed by atoms with van der Waals surface area (Å²) >= 11 is 0. The van der Waals surface area contributed by atoms with Gasteiger partial charge in [0.15, 0.2) is 0 Å². The number of carbonyl (C=O) groups excluding carboxylic acids is 1. The summed E-state index contributed by atoms with van der Waals surface area (Å²) in [7, 11) is -0.430. The second-order valence-corrected chi connectivity index (χ2v) is 10.3. The number of carbonyl (C=O) groups is 1. The summed E-state index contributed by atoms with van der Waals surface area (Å²) < 4.78 is 0. The summed E-state index contributed by atoms with van der Waals surface area (Å²) in [6.07, 6.45) is 4.31. The van der Waals surface area contributed by atoms with E-state index >= 15 is 0 Å². The molecule has 0 aromatic rings. The minimum Gasteiger partial charge on any atom is -0.303 e. The number of rotatable bonds is 5. The SMILES string of the molecule is CC(C)C([SiH2]C#CC12CC(C=O)(C1)C2)(C(C)C)C(C)C. The summed E-state index contributed by atoms with van der Waals surface area (Å²) in [6, 6.07) is 0. The van der Waals surface area contributed by atoms with Crippen molar-refractivity contribution in [1.82, 2.24) is 0 Å². The molecule has 3 saturated carbocycles. The van der Waals surface area contributed by atoms with E-state index in [4.69, 9.17) is 0 Å². The molecule has 0 unspecified atom stereocenters. The van der Waals surface area contributed by atoms with Crippen LogP contribution in [0.5, 0.6) is 0 Å². The molecule has 0 heterocycles. The Morgan fingerprint density at radius 2 is 1.45 bits per heavy atom. The van der Waals surface area contributed by atoms with Gasteiger partial charge < -0.3 is 4.79 Å². The second-order valence-electron chi connectivity index (χ2n) is 8.35. The smallest absolute Gasteiger partial charge is 0.126 e. The highest BCUT2D eigenvalue weighted by atomic mass is 28.2. The highest BCUT2D eigenvalue weighted by Gasteiger charge is 2.67. The average Bonchev–Trinajstić information content (AvgIpc) is 2.23. The fraction of sp³-hybridized carbons (Fsp3) is 0.833. The quantitative estimate of drug-likeness (QED) is 0.429. The van der Waals surface area contributed by atoms with E-state index in [2.05, 4.69) is 53.0 Å². The van der Waals surface area contributed by atoms with Crippen LogP contribution in [0.1, 0.15) is 60.8 Å². The molecule has 3 fully saturated rings. The Kier molecular flexibility index (Phi) is 3.97. The van der Waals surface area contributed by atoms with Crippen molar-refractivity contribution in [1.29, 1.82) is 0 Å². The molecule has 0 spiro atoms. The molecule has 20 heavy (non-hydrogen) atoms. The van der Waals surface area contributed by atoms with Crippen LogP contribution >= 0.6 is 0 Å². The molecule has 2 heteroatoms. The van der Waals surface area contributed by atoms with Crippen molar-refractivity contribution in [3.63, 3.8) is 0 Å². The van der Waals surface area contributed by atoms with Crippen LogP contribution in [0.15, 0.2) is 0 Å². The fourth-order valence-corrected chi connectivity index (χ4v) is 7.12. The summed E-state index contributed by atoms with van der Waals surface area (Å²) in [6.45, 7) is 14.2. The second kappa shape index (κ2) is 5.02. The van der Waals surface area contributed by atoms with Crippen molar-refractivity contribution >= 4 is 15.8 Å². The van der Waals surface area contributed by atoms with Gasteiger partial charge in [-0.05, 0) is 42.1 Å². The van der Waals surface area contributed by atoms with Gasteiger partial charge in [-0.15, -0.1) is 11.5 Å². The Bertz CT molecular complexity index is 408. The Hall–Kier alpha value is -0.553. The lowest BCUT2D eigenvalue weighted by molar-refractivity contribution is -0.168. The molecule has 0 radical (unpaired) electrons. The van der Waals surface area contributed by atoms with Gasteiger partial charge >= 0.3 is 0 Å². The lowest BCUT2D eigenvalue weighted by Crippen LogP contribution is -2.61. The maximum absolute atomic E-state index is 11.0. The maximum atomic E-state index is 11.0. The summed E-state index contributed by atoms with van der Waals surface area (Å²) in [4.78, 5) is 11.0. The van der Waals surface area contributed by atoms with E-state index in [-0.39, 0.29) is 10.8 Å². The third-order valence-electron chi connectivity index (χ3n) is 6.29. The van der Waals surface area contributed by atoms with Crippen LogP contribution in [0.25, 0.3) is 0 Å². The first kappa shape index (κ1) is 15.8. The molecule has 0 aliphatic heterocycles. The average molecular weight is 291 g/mol. The van der Waals surface area contributed by atoms with Gasteiger partial charge in [0, 0.05) is 10.8 Å². The highest BCUT2D eigenvalue weighted by molar-refractivity contribution is 6.50. The molecule has 0 saturated heterocycles. The van der Waals surface area contributed by atoms with Crippen LogP contribution in [0.3, 0.4) is 0 Å². The lowest BCUT2D eigenvalue weighted by atomic mass is 9.36. The monoisotopic (exact) mass is 290 g/mol. The normalized spacial score (nSPS) is 32.2. The molecule has 2 bridgehead atoms. The Balaban J connectivity index is 2.06. The third-order valence-corrected chi connectivity index (χ3v) is 9.71. The molecule has 0 aromatic heterocycles. The topological polar surface area (TPSA) is 17.1 Å². The van der Waals surface area contributed by atoms with E-state index in [1.807, 2.05) is 0 Å². The fourth-order valence-electron chi connectivity index (χ4n) is 5.12. The van der Waals surface area contributed by atoms with Gasteiger partial charge in [0.05, 0.1) is 0 Å². The van der Waals surface area contributed by atoms with Crippen LogP contribution in [0, 0.1) is 40.0 Å². The Morgan fingerprint density at radius 1 is 1.00 bits per heavy atom. The largest absolute Gasteiger partial charge is 0.303 e. The van der Waals surface area contributed by atoms with Gasteiger partial charge in [0.25, 0.3) is 0 Å². The van der Waals surface area contributed by atoms with Crippen molar-refractivity contribution in [2.24, 2.45) is 28.6 Å². The molecule has 3 aliphatic carbocycles.